The van der Waals surface area contributed by atoms with Crippen LogP contribution in [0.25, 0.3) is 0 Å². The minimum Gasteiger partial charge on any atom is -0.463 e. The van der Waals surface area contributed by atoms with E-state index in [1.54, 1.807) is 6.92 Å². The molecule has 1 aromatic heterocycles. The molecule has 2 heterocycles. The number of fused-ring (bicyclic) bond motifs is 1. The van der Waals surface area contributed by atoms with Gasteiger partial charge in [-0.05, 0) is 24.1 Å². The van der Waals surface area contributed by atoms with E-state index in [4.69, 9.17) is 4.42 Å². The maximum atomic E-state index is 12.7. The lowest BCUT2D eigenvalue weighted by Crippen LogP contribution is -2.38. The molecule has 26 heavy (non-hydrogen) atoms. The van der Waals surface area contributed by atoms with Crippen molar-refractivity contribution >= 4 is 16.0 Å². The monoisotopic (exact) mass is 378 g/mol. The Balaban J connectivity index is 1.80. The van der Waals surface area contributed by atoms with Crippen molar-refractivity contribution in [2.24, 2.45) is 0 Å². The van der Waals surface area contributed by atoms with E-state index in [9.17, 15) is 13.2 Å². The van der Waals surface area contributed by atoms with Gasteiger partial charge in [-0.3, -0.25) is 0 Å². The molecule has 0 amide bonds. The molecule has 140 valence electrons. The number of hydrogen-bond donors (Lipinski definition) is 2. The van der Waals surface area contributed by atoms with Crippen molar-refractivity contribution < 1.29 is 22.4 Å². The molecular weight excluding hydrogens is 356 g/mol. The molecule has 0 radical (unpaired) electrons. The number of nitrogens with one attached hydrogen (secondary N) is 2. The van der Waals surface area contributed by atoms with Crippen LogP contribution < -0.4 is 10.0 Å². The zero-order valence-electron chi connectivity index (χ0n) is 14.7. The Morgan fingerprint density at radius 3 is 2.88 bits per heavy atom. The molecule has 0 spiro atoms. The van der Waals surface area contributed by atoms with Crippen molar-refractivity contribution in [2.45, 2.75) is 30.7 Å². The maximum absolute atomic E-state index is 12.7. The molecule has 1 aromatic carbocycles. The summed E-state index contributed by atoms with van der Waals surface area (Å²) in [5.74, 6) is -0.593. The highest BCUT2D eigenvalue weighted by Crippen LogP contribution is 2.25. The number of esters is 1. The number of carbonyl (C=O) groups excluding carboxylic acids is 1. The second kappa shape index (κ2) is 7.61. The summed E-state index contributed by atoms with van der Waals surface area (Å²) in [5, 5.41) is 3.34. The Hall–Kier alpha value is -2.16. The standard InChI is InChI=1S/C18H22N2O5S/c1-3-15-17(10-16(25-15)18(21)24-2)26(22,23)20-11-14-13-7-5-4-6-12(13)8-9-19-14/h4-7,10,14,19-20H,3,8-9,11H2,1-2H3. The van der Waals surface area contributed by atoms with Gasteiger partial charge < -0.3 is 14.5 Å². The molecule has 0 saturated heterocycles. The molecule has 0 bridgehead atoms. The summed E-state index contributed by atoms with van der Waals surface area (Å²) < 4.78 is 38.0. The van der Waals surface area contributed by atoms with Crippen molar-refractivity contribution in [2.75, 3.05) is 20.2 Å². The molecule has 3 rings (SSSR count). The largest absolute Gasteiger partial charge is 0.463 e. The fraction of sp³-hybridized carbons (Fsp3) is 0.389. The Bertz CT molecular complexity index is 904. The molecule has 8 heteroatoms. The topological polar surface area (TPSA) is 97.6 Å². The van der Waals surface area contributed by atoms with Crippen LogP contribution in [0.3, 0.4) is 0 Å². The van der Waals surface area contributed by atoms with E-state index in [-0.39, 0.29) is 29.0 Å². The summed E-state index contributed by atoms with van der Waals surface area (Å²) >= 11 is 0. The van der Waals surface area contributed by atoms with E-state index in [0.29, 0.717) is 6.42 Å². The zero-order chi connectivity index (χ0) is 18.7. The fourth-order valence-corrected chi connectivity index (χ4v) is 4.42. The van der Waals surface area contributed by atoms with Crippen LogP contribution in [-0.4, -0.2) is 34.6 Å². The SMILES string of the molecule is CCc1oc(C(=O)OC)cc1S(=O)(=O)NCC1NCCc2ccccc21. The summed E-state index contributed by atoms with van der Waals surface area (Å²) in [5.41, 5.74) is 2.32. The molecular formula is C18H22N2O5S. The van der Waals surface area contributed by atoms with Crippen molar-refractivity contribution in [3.05, 3.63) is 53.0 Å². The molecule has 1 atom stereocenters. The summed E-state index contributed by atoms with van der Waals surface area (Å²) in [6, 6.07) is 9.11. The molecule has 0 aliphatic carbocycles. The summed E-state index contributed by atoms with van der Waals surface area (Å²) in [4.78, 5) is 11.6. The third kappa shape index (κ3) is 3.67. The van der Waals surface area contributed by atoms with Gasteiger partial charge in [0.25, 0.3) is 0 Å². The number of furan rings is 1. The second-order valence-corrected chi connectivity index (χ2v) is 7.79. The first kappa shape index (κ1) is 18.6. The van der Waals surface area contributed by atoms with Crippen molar-refractivity contribution in [3.8, 4) is 0 Å². The van der Waals surface area contributed by atoms with Gasteiger partial charge in [-0.1, -0.05) is 31.2 Å². The smallest absolute Gasteiger partial charge is 0.373 e. The van der Waals surface area contributed by atoms with Crippen LogP contribution >= 0.6 is 0 Å². The van der Waals surface area contributed by atoms with Crippen LogP contribution in [0.15, 0.2) is 39.6 Å². The predicted molar refractivity (Wildman–Crippen MR) is 95.5 cm³/mol. The summed E-state index contributed by atoms with van der Waals surface area (Å²) in [6.45, 7) is 2.76. The van der Waals surface area contributed by atoms with Crippen LogP contribution in [-0.2, 0) is 27.6 Å². The minimum absolute atomic E-state index is 0.0236. The van der Waals surface area contributed by atoms with E-state index in [1.807, 2.05) is 18.2 Å². The van der Waals surface area contributed by atoms with E-state index in [2.05, 4.69) is 20.8 Å². The van der Waals surface area contributed by atoms with E-state index >= 15 is 0 Å². The molecule has 1 aliphatic heterocycles. The maximum Gasteiger partial charge on any atom is 0.373 e. The van der Waals surface area contributed by atoms with Crippen molar-refractivity contribution in [3.63, 3.8) is 0 Å². The lowest BCUT2D eigenvalue weighted by atomic mass is 9.95. The number of rotatable bonds is 6. The average molecular weight is 378 g/mol. The predicted octanol–water partition coefficient (Wildman–Crippen LogP) is 1.79. The molecule has 1 unspecified atom stereocenters. The number of ether oxygens (including phenoxy) is 1. The van der Waals surface area contributed by atoms with Crippen LogP contribution in [0.4, 0.5) is 0 Å². The van der Waals surface area contributed by atoms with E-state index in [0.717, 1.165) is 18.5 Å². The molecule has 0 fully saturated rings. The van der Waals surface area contributed by atoms with Crippen LogP contribution in [0.1, 0.15) is 40.4 Å². The van der Waals surface area contributed by atoms with Gasteiger partial charge in [-0.15, -0.1) is 0 Å². The highest BCUT2D eigenvalue weighted by molar-refractivity contribution is 7.89. The van der Waals surface area contributed by atoms with E-state index in [1.165, 1.54) is 18.7 Å². The van der Waals surface area contributed by atoms with Gasteiger partial charge in [0.1, 0.15) is 10.7 Å². The first-order valence-electron chi connectivity index (χ1n) is 8.48. The lowest BCUT2D eigenvalue weighted by Gasteiger charge is -2.27. The normalized spacial score (nSPS) is 16.9. The van der Waals surface area contributed by atoms with Crippen molar-refractivity contribution in [1.82, 2.24) is 10.0 Å². The molecule has 7 nitrogen and oxygen atoms in total. The summed E-state index contributed by atoms with van der Waals surface area (Å²) in [7, 11) is -2.60. The van der Waals surface area contributed by atoms with Crippen LogP contribution in [0.5, 0.6) is 0 Å². The molecule has 0 saturated carbocycles. The van der Waals surface area contributed by atoms with Gasteiger partial charge in [0, 0.05) is 25.1 Å². The second-order valence-electron chi connectivity index (χ2n) is 6.05. The lowest BCUT2D eigenvalue weighted by molar-refractivity contribution is 0.0563. The van der Waals surface area contributed by atoms with Gasteiger partial charge in [0.05, 0.1) is 7.11 Å². The van der Waals surface area contributed by atoms with Crippen molar-refractivity contribution in [1.29, 1.82) is 0 Å². The van der Waals surface area contributed by atoms with Crippen LogP contribution in [0.2, 0.25) is 0 Å². The number of carbonyl (C=O) groups is 1. The number of hydrogen-bond acceptors (Lipinski definition) is 6. The van der Waals surface area contributed by atoms with Gasteiger partial charge in [0.2, 0.25) is 15.8 Å². The summed E-state index contributed by atoms with van der Waals surface area (Å²) in [6.07, 6.45) is 1.27. The molecule has 2 N–H and O–H groups in total. The number of methoxy groups -OCH3 is 1. The number of aryl methyl sites for hydroxylation is 1. The quantitative estimate of drug-likeness (QED) is 0.744. The Morgan fingerprint density at radius 1 is 1.38 bits per heavy atom. The van der Waals surface area contributed by atoms with Gasteiger partial charge in [0.15, 0.2) is 0 Å². The zero-order valence-corrected chi connectivity index (χ0v) is 15.6. The van der Waals surface area contributed by atoms with Gasteiger partial charge in [-0.25, -0.2) is 17.9 Å². The number of benzene rings is 1. The first-order valence-corrected chi connectivity index (χ1v) is 9.96. The molecule has 2 aromatic rings. The Morgan fingerprint density at radius 2 is 2.15 bits per heavy atom. The minimum atomic E-state index is -3.82. The average Bonchev–Trinajstić information content (AvgIpc) is 3.11. The van der Waals surface area contributed by atoms with Gasteiger partial charge in [-0.2, -0.15) is 0 Å². The number of sulfonamides is 1. The highest BCUT2D eigenvalue weighted by Gasteiger charge is 2.27. The van der Waals surface area contributed by atoms with Gasteiger partial charge >= 0.3 is 5.97 Å². The fourth-order valence-electron chi connectivity index (χ4n) is 3.13. The van der Waals surface area contributed by atoms with E-state index < -0.39 is 16.0 Å². The molecule has 1 aliphatic rings. The first-order chi connectivity index (χ1) is 12.5. The third-order valence-electron chi connectivity index (χ3n) is 4.46. The third-order valence-corrected chi connectivity index (χ3v) is 5.93. The Kier molecular flexibility index (Phi) is 5.45. The van der Waals surface area contributed by atoms with Crippen LogP contribution in [0, 0.1) is 0 Å². The highest BCUT2D eigenvalue weighted by atomic mass is 32.2. The Labute approximate surface area is 152 Å².